The molecule has 3 N–H and O–H groups in total. The predicted octanol–water partition coefficient (Wildman–Crippen LogP) is 4.74. The molecule has 42 heavy (non-hydrogen) atoms. The zero-order valence-corrected chi connectivity index (χ0v) is 24.0. The highest BCUT2D eigenvalue weighted by atomic mass is 16.5. The quantitative estimate of drug-likeness (QED) is 0.123. The van der Waals surface area contributed by atoms with Crippen LogP contribution in [-0.4, -0.2) is 56.2 Å². The molecule has 5 rings (SSSR count). The minimum atomic E-state index is -0.369. The van der Waals surface area contributed by atoms with Gasteiger partial charge in [0, 0.05) is 37.6 Å². The second-order valence-corrected chi connectivity index (χ2v) is 9.72. The van der Waals surface area contributed by atoms with Crippen LogP contribution in [0.2, 0.25) is 0 Å². The first kappa shape index (κ1) is 29.4. The summed E-state index contributed by atoms with van der Waals surface area (Å²) in [5.74, 6) is 0.00501. The van der Waals surface area contributed by atoms with Crippen molar-refractivity contribution in [3.8, 4) is 11.3 Å². The van der Waals surface area contributed by atoms with Crippen LogP contribution < -0.4 is 11.1 Å². The zero-order valence-electron chi connectivity index (χ0n) is 24.0. The summed E-state index contributed by atoms with van der Waals surface area (Å²) in [6, 6.07) is 16.6. The molecule has 5 aromatic rings. The summed E-state index contributed by atoms with van der Waals surface area (Å²) < 4.78 is 6.82. The predicted molar refractivity (Wildman–Crippen MR) is 160 cm³/mol. The fraction of sp³-hybridized carbons (Fsp3) is 0.161. The van der Waals surface area contributed by atoms with Crippen LogP contribution in [0, 0.1) is 13.8 Å². The lowest BCUT2D eigenvalue weighted by Gasteiger charge is -2.10. The number of nitrogens with two attached hydrogens (primary N) is 1. The van der Waals surface area contributed by atoms with Crippen LogP contribution in [0.3, 0.4) is 0 Å². The Hall–Kier alpha value is -5.58. The Balaban J connectivity index is 0.000000209. The fourth-order valence-corrected chi connectivity index (χ4v) is 4.12. The van der Waals surface area contributed by atoms with Gasteiger partial charge in [0.05, 0.1) is 18.0 Å². The molecule has 0 aliphatic carbocycles. The summed E-state index contributed by atoms with van der Waals surface area (Å²) in [5.41, 5.74) is 10.4. The molecule has 0 spiro atoms. The van der Waals surface area contributed by atoms with Gasteiger partial charge in [-0.25, -0.2) is 9.50 Å². The van der Waals surface area contributed by atoms with Crippen molar-refractivity contribution in [2.45, 2.75) is 20.8 Å². The second-order valence-electron chi connectivity index (χ2n) is 9.72. The maximum absolute atomic E-state index is 12.7. The number of nitrogens with zero attached hydrogens (tertiary/aromatic N) is 5. The number of benzene rings is 2. The molecule has 214 valence electrons. The van der Waals surface area contributed by atoms with Crippen molar-refractivity contribution in [1.29, 1.82) is 0 Å². The van der Waals surface area contributed by atoms with E-state index in [0.29, 0.717) is 34.0 Å². The number of carbonyl (C=O) groups is 3. The molecule has 0 saturated carbocycles. The number of fused-ring (bicyclic) bond motifs is 1. The first-order chi connectivity index (χ1) is 20.1. The van der Waals surface area contributed by atoms with E-state index in [1.165, 1.54) is 23.8 Å². The number of allylic oxidation sites excluding steroid dienone is 1. The van der Waals surface area contributed by atoms with Crippen molar-refractivity contribution in [3.05, 3.63) is 107 Å². The molecule has 0 bridgehead atoms. The van der Waals surface area contributed by atoms with E-state index in [9.17, 15) is 14.4 Å². The number of Topliss-reactive ketones (excluding diaryl/α,β-unsaturated/α-hetero) is 2. The van der Waals surface area contributed by atoms with Gasteiger partial charge in [0.25, 0.3) is 5.91 Å². The summed E-state index contributed by atoms with van der Waals surface area (Å²) in [5, 5.41) is 10.7. The monoisotopic (exact) mass is 565 g/mol. The van der Waals surface area contributed by atoms with E-state index in [1.807, 2.05) is 50.2 Å². The van der Waals surface area contributed by atoms with E-state index < -0.39 is 0 Å². The van der Waals surface area contributed by atoms with Gasteiger partial charge in [-0.3, -0.25) is 14.4 Å². The van der Waals surface area contributed by atoms with Crippen molar-refractivity contribution in [1.82, 2.24) is 24.7 Å². The fourth-order valence-electron chi connectivity index (χ4n) is 4.12. The van der Waals surface area contributed by atoms with Crippen LogP contribution in [0.25, 0.3) is 17.0 Å². The first-order valence-corrected chi connectivity index (χ1v) is 13.0. The van der Waals surface area contributed by atoms with Gasteiger partial charge in [0.1, 0.15) is 17.1 Å². The van der Waals surface area contributed by atoms with Crippen LogP contribution in [0.4, 0.5) is 11.5 Å². The van der Waals surface area contributed by atoms with Crippen molar-refractivity contribution in [2.75, 3.05) is 25.1 Å². The van der Waals surface area contributed by atoms with Gasteiger partial charge in [-0.15, -0.1) is 0 Å². The van der Waals surface area contributed by atoms with Gasteiger partial charge in [-0.1, -0.05) is 53.7 Å². The molecule has 0 fully saturated rings. The third kappa shape index (κ3) is 6.58. The van der Waals surface area contributed by atoms with Crippen molar-refractivity contribution in [2.24, 2.45) is 0 Å². The molecule has 3 heterocycles. The second kappa shape index (κ2) is 12.7. The highest BCUT2D eigenvalue weighted by molar-refractivity contribution is 6.26. The summed E-state index contributed by atoms with van der Waals surface area (Å²) in [7, 11) is 3.57. The van der Waals surface area contributed by atoms with Crippen LogP contribution in [0.5, 0.6) is 0 Å². The minimum Gasteiger partial charge on any atom is -0.384 e. The summed E-state index contributed by atoms with van der Waals surface area (Å²) in [6.07, 6.45) is 6.12. The average Bonchev–Trinajstić information content (AvgIpc) is 3.59. The highest BCUT2D eigenvalue weighted by Gasteiger charge is 2.20. The van der Waals surface area contributed by atoms with Crippen LogP contribution in [0.15, 0.2) is 89.5 Å². The number of anilines is 2. The molecule has 1 amide bonds. The van der Waals surface area contributed by atoms with E-state index in [2.05, 4.69) is 20.6 Å². The Kier molecular flexibility index (Phi) is 8.91. The summed E-state index contributed by atoms with van der Waals surface area (Å²) >= 11 is 0. The normalized spacial score (nSPS) is 11.0. The number of nitrogen functional groups attached to an aromatic ring is 1. The highest BCUT2D eigenvalue weighted by Crippen LogP contribution is 2.30. The third-order valence-electron chi connectivity index (χ3n) is 6.24. The average molecular weight is 566 g/mol. The Morgan fingerprint density at radius 2 is 1.64 bits per heavy atom. The molecular weight excluding hydrogens is 534 g/mol. The molecule has 0 aliphatic heterocycles. The number of amides is 1. The van der Waals surface area contributed by atoms with Crippen LogP contribution in [-0.2, 0) is 4.79 Å². The standard InChI is InChI=1S/C17H14N6O2.C14H17NO2/c1-10-4-2-3-5-11(10)15-13(9-20-25-15)21-17(24)12-8-19-23-7-6-14(18)22-16(12)23;1-10-7-5-6-8-12(10)14(17)13(11(2)16)9-15(3)4/h2-9H,1H3,(H2,18,22)(H,21,24);5-9H,1-4H3. The van der Waals surface area contributed by atoms with Crippen LogP contribution >= 0.6 is 0 Å². The zero-order chi connectivity index (χ0) is 30.4. The molecule has 2 aromatic carbocycles. The Morgan fingerprint density at radius 1 is 0.952 bits per heavy atom. The van der Waals surface area contributed by atoms with Crippen molar-refractivity contribution in [3.63, 3.8) is 0 Å². The Labute approximate surface area is 242 Å². The molecule has 3 aromatic heterocycles. The maximum atomic E-state index is 12.7. The van der Waals surface area contributed by atoms with E-state index in [4.69, 9.17) is 10.3 Å². The Bertz CT molecular complexity index is 1800. The molecule has 11 heteroatoms. The molecule has 0 aliphatic rings. The van der Waals surface area contributed by atoms with E-state index >= 15 is 0 Å². The molecular formula is C31H31N7O4. The van der Waals surface area contributed by atoms with Gasteiger partial charge < -0.3 is 20.5 Å². The summed E-state index contributed by atoms with van der Waals surface area (Å²) in [6.45, 7) is 5.23. The minimum absolute atomic E-state index is 0.212. The van der Waals surface area contributed by atoms with Gasteiger partial charge >= 0.3 is 0 Å². The van der Waals surface area contributed by atoms with Crippen LogP contribution in [0.1, 0.15) is 38.8 Å². The number of aromatic nitrogens is 4. The van der Waals surface area contributed by atoms with Gasteiger partial charge in [0.15, 0.2) is 23.0 Å². The number of nitrogens with one attached hydrogen (secondary N) is 1. The molecule has 0 saturated heterocycles. The van der Waals surface area contributed by atoms with Crippen molar-refractivity contribution < 1.29 is 18.9 Å². The SMILES string of the molecule is CC(=O)C(=CN(C)C)C(=O)c1ccccc1C.Cc1ccccc1-c1oncc1NC(=O)c1cnn2ccc(N)nc12. The molecule has 0 atom stereocenters. The Morgan fingerprint density at radius 3 is 2.31 bits per heavy atom. The maximum Gasteiger partial charge on any atom is 0.261 e. The van der Waals surface area contributed by atoms with Gasteiger partial charge in [-0.05, 0) is 38.0 Å². The largest absolute Gasteiger partial charge is 0.384 e. The summed E-state index contributed by atoms with van der Waals surface area (Å²) in [4.78, 5) is 42.2. The number of carbonyl (C=O) groups excluding carboxylic acids is 3. The van der Waals surface area contributed by atoms with E-state index in [0.717, 1.165) is 16.7 Å². The lowest BCUT2D eigenvalue weighted by Crippen LogP contribution is -2.16. The number of hydrogen-bond donors (Lipinski definition) is 2. The third-order valence-corrected chi connectivity index (χ3v) is 6.24. The molecule has 11 nitrogen and oxygen atoms in total. The van der Waals surface area contributed by atoms with Gasteiger partial charge in [0.2, 0.25) is 0 Å². The number of ketones is 2. The smallest absolute Gasteiger partial charge is 0.261 e. The number of hydrogen-bond acceptors (Lipinski definition) is 9. The molecule has 0 radical (unpaired) electrons. The van der Waals surface area contributed by atoms with Gasteiger partial charge in [-0.2, -0.15) is 5.10 Å². The van der Waals surface area contributed by atoms with Crippen molar-refractivity contribution >= 4 is 34.6 Å². The number of aryl methyl sites for hydroxylation is 2. The lowest BCUT2D eigenvalue weighted by molar-refractivity contribution is -0.113. The van der Waals surface area contributed by atoms with E-state index in [-0.39, 0.29) is 23.0 Å². The van der Waals surface area contributed by atoms with E-state index in [1.54, 1.807) is 49.6 Å². The lowest BCUT2D eigenvalue weighted by atomic mass is 9.97. The topological polar surface area (TPSA) is 149 Å². The number of rotatable bonds is 7. The first-order valence-electron chi connectivity index (χ1n) is 13.0. The molecule has 0 unspecified atom stereocenters.